The number of nitrogens with zero attached hydrogens (tertiary/aromatic N) is 2. The smallest absolute Gasteiger partial charge is 0.220 e. The zero-order valence-electron chi connectivity index (χ0n) is 13.6. The van der Waals surface area contributed by atoms with Crippen LogP contribution < -0.4 is 5.32 Å². The molecule has 2 aromatic heterocycles. The van der Waals surface area contributed by atoms with Crippen LogP contribution in [0.1, 0.15) is 17.7 Å². The Balaban J connectivity index is 1.43. The van der Waals surface area contributed by atoms with Gasteiger partial charge >= 0.3 is 0 Å². The van der Waals surface area contributed by atoms with E-state index in [1.807, 2.05) is 17.5 Å². The van der Waals surface area contributed by atoms with Gasteiger partial charge in [-0.2, -0.15) is 0 Å². The van der Waals surface area contributed by atoms with Gasteiger partial charge in [0.25, 0.3) is 0 Å². The Morgan fingerprint density at radius 1 is 1.16 bits per heavy atom. The summed E-state index contributed by atoms with van der Waals surface area (Å²) < 4.78 is 13.5. The van der Waals surface area contributed by atoms with E-state index in [2.05, 4.69) is 15.3 Å². The van der Waals surface area contributed by atoms with Gasteiger partial charge in [-0.3, -0.25) is 9.78 Å². The van der Waals surface area contributed by atoms with Crippen LogP contribution in [-0.2, 0) is 17.6 Å². The molecule has 0 aliphatic carbocycles. The third kappa shape index (κ3) is 4.93. The molecule has 0 unspecified atom stereocenters. The molecule has 0 aliphatic rings. The van der Waals surface area contributed by atoms with Crippen molar-refractivity contribution in [1.82, 2.24) is 15.3 Å². The maximum atomic E-state index is 13.5. The highest BCUT2D eigenvalue weighted by molar-refractivity contribution is 7.13. The summed E-state index contributed by atoms with van der Waals surface area (Å²) in [4.78, 5) is 20.5. The quantitative estimate of drug-likeness (QED) is 0.704. The van der Waals surface area contributed by atoms with Gasteiger partial charge in [0.2, 0.25) is 5.91 Å². The summed E-state index contributed by atoms with van der Waals surface area (Å²) in [7, 11) is 0. The van der Waals surface area contributed by atoms with Crippen LogP contribution in [0.2, 0.25) is 0 Å². The first kappa shape index (κ1) is 17.2. The number of aryl methyl sites for hydroxylation is 1. The van der Waals surface area contributed by atoms with E-state index in [1.54, 1.807) is 41.9 Å². The second-order valence-electron chi connectivity index (χ2n) is 5.58. The molecule has 1 aromatic carbocycles. The molecule has 4 nitrogen and oxygen atoms in total. The van der Waals surface area contributed by atoms with Crippen LogP contribution in [0.15, 0.2) is 54.2 Å². The lowest BCUT2D eigenvalue weighted by Gasteiger charge is -2.05. The molecule has 3 rings (SSSR count). The maximum Gasteiger partial charge on any atom is 0.220 e. The number of pyridine rings is 1. The van der Waals surface area contributed by atoms with Gasteiger partial charge in [-0.1, -0.05) is 18.2 Å². The second-order valence-corrected chi connectivity index (χ2v) is 6.44. The Morgan fingerprint density at radius 2 is 2.04 bits per heavy atom. The predicted molar refractivity (Wildman–Crippen MR) is 96.8 cm³/mol. The van der Waals surface area contributed by atoms with E-state index < -0.39 is 0 Å². The first-order valence-corrected chi connectivity index (χ1v) is 8.95. The summed E-state index contributed by atoms with van der Waals surface area (Å²) >= 11 is 1.57. The van der Waals surface area contributed by atoms with Gasteiger partial charge in [0, 0.05) is 42.7 Å². The van der Waals surface area contributed by atoms with Crippen LogP contribution in [0.25, 0.3) is 10.6 Å². The number of carbonyl (C=O) groups excluding carboxylic acids is 1. The zero-order chi connectivity index (χ0) is 17.5. The van der Waals surface area contributed by atoms with Gasteiger partial charge in [0.15, 0.2) is 0 Å². The van der Waals surface area contributed by atoms with Crippen molar-refractivity contribution in [3.63, 3.8) is 0 Å². The van der Waals surface area contributed by atoms with Crippen molar-refractivity contribution in [2.75, 3.05) is 6.54 Å². The Labute approximate surface area is 149 Å². The fourth-order valence-corrected chi connectivity index (χ4v) is 3.26. The fraction of sp³-hybridized carbons (Fsp3) is 0.211. The second kappa shape index (κ2) is 8.48. The van der Waals surface area contributed by atoms with E-state index in [0.717, 1.165) is 16.3 Å². The lowest BCUT2D eigenvalue weighted by molar-refractivity contribution is -0.121. The summed E-state index contributed by atoms with van der Waals surface area (Å²) in [5, 5.41) is 5.78. The molecule has 0 saturated carbocycles. The van der Waals surface area contributed by atoms with Crippen LogP contribution in [0.5, 0.6) is 0 Å². The van der Waals surface area contributed by atoms with E-state index in [9.17, 15) is 9.18 Å². The number of halogens is 1. The minimum Gasteiger partial charge on any atom is -0.356 e. The minimum atomic E-state index is -0.263. The molecular formula is C19H18FN3OS. The molecule has 128 valence electrons. The van der Waals surface area contributed by atoms with Crippen molar-refractivity contribution < 1.29 is 9.18 Å². The number of thiazole rings is 1. The monoisotopic (exact) mass is 355 g/mol. The summed E-state index contributed by atoms with van der Waals surface area (Å²) in [6, 6.07) is 10.4. The Hall–Kier alpha value is -2.60. The largest absolute Gasteiger partial charge is 0.356 e. The highest BCUT2D eigenvalue weighted by atomic mass is 32.1. The highest BCUT2D eigenvalue weighted by Crippen LogP contribution is 2.22. The number of aromatic nitrogens is 2. The molecule has 0 bridgehead atoms. The van der Waals surface area contributed by atoms with Crippen molar-refractivity contribution in [2.24, 2.45) is 0 Å². The van der Waals surface area contributed by atoms with E-state index >= 15 is 0 Å². The van der Waals surface area contributed by atoms with E-state index in [4.69, 9.17) is 0 Å². The molecule has 25 heavy (non-hydrogen) atoms. The molecular weight excluding hydrogens is 337 g/mol. The number of benzene rings is 1. The summed E-state index contributed by atoms with van der Waals surface area (Å²) in [6.45, 7) is 0.520. The first-order valence-electron chi connectivity index (χ1n) is 8.07. The molecule has 0 fully saturated rings. The molecule has 0 spiro atoms. The normalized spacial score (nSPS) is 10.6. The molecule has 1 N–H and O–H groups in total. The molecule has 0 radical (unpaired) electrons. The summed E-state index contributed by atoms with van der Waals surface area (Å²) in [5.74, 6) is -0.341. The van der Waals surface area contributed by atoms with Crippen molar-refractivity contribution in [3.8, 4) is 10.6 Å². The third-order valence-electron chi connectivity index (χ3n) is 3.74. The molecule has 2 heterocycles. The third-order valence-corrected chi connectivity index (χ3v) is 4.68. The maximum absolute atomic E-state index is 13.5. The van der Waals surface area contributed by atoms with Crippen molar-refractivity contribution >= 4 is 17.2 Å². The SMILES string of the molecule is O=C(CCc1ccccc1F)NCCc1csc(-c2cccnc2)n1. The zero-order valence-corrected chi connectivity index (χ0v) is 14.4. The molecule has 1 amide bonds. The molecule has 3 aromatic rings. The highest BCUT2D eigenvalue weighted by Gasteiger charge is 2.07. The van der Waals surface area contributed by atoms with Crippen molar-refractivity contribution in [3.05, 3.63) is 71.2 Å². The van der Waals surface area contributed by atoms with Crippen LogP contribution in [-0.4, -0.2) is 22.4 Å². The Kier molecular flexibility index (Phi) is 5.85. The number of nitrogens with one attached hydrogen (secondary N) is 1. The van der Waals surface area contributed by atoms with Gasteiger partial charge < -0.3 is 5.32 Å². The standard InChI is InChI=1S/C19H18FN3OS/c20-17-6-2-1-4-14(17)7-8-18(24)22-11-9-16-13-25-19(23-16)15-5-3-10-21-12-15/h1-6,10,12-13H,7-9,11H2,(H,22,24). The predicted octanol–water partition coefficient (Wildman–Crippen LogP) is 3.64. The first-order chi connectivity index (χ1) is 12.2. The Morgan fingerprint density at radius 3 is 2.84 bits per heavy atom. The van der Waals surface area contributed by atoms with E-state index in [0.29, 0.717) is 24.9 Å². The lowest BCUT2D eigenvalue weighted by Crippen LogP contribution is -2.26. The average molecular weight is 355 g/mol. The molecule has 6 heteroatoms. The van der Waals surface area contributed by atoms with Gasteiger partial charge in [0.05, 0.1) is 5.69 Å². The Bertz CT molecular complexity index is 835. The molecule has 0 atom stereocenters. The van der Waals surface area contributed by atoms with Gasteiger partial charge in [-0.15, -0.1) is 11.3 Å². The topological polar surface area (TPSA) is 54.9 Å². The average Bonchev–Trinajstić information content (AvgIpc) is 3.11. The summed E-state index contributed by atoms with van der Waals surface area (Å²) in [6.07, 6.45) is 4.86. The van der Waals surface area contributed by atoms with Crippen LogP contribution >= 0.6 is 11.3 Å². The van der Waals surface area contributed by atoms with Crippen LogP contribution in [0.3, 0.4) is 0 Å². The van der Waals surface area contributed by atoms with E-state index in [1.165, 1.54) is 6.07 Å². The van der Waals surface area contributed by atoms with Gasteiger partial charge in [-0.25, -0.2) is 9.37 Å². The number of hydrogen-bond donors (Lipinski definition) is 1. The van der Waals surface area contributed by atoms with Crippen molar-refractivity contribution in [1.29, 1.82) is 0 Å². The summed E-state index contributed by atoms with van der Waals surface area (Å²) in [5.41, 5.74) is 2.50. The number of carbonyl (C=O) groups is 1. The van der Waals surface area contributed by atoms with E-state index in [-0.39, 0.29) is 18.1 Å². The molecule has 0 saturated heterocycles. The minimum absolute atomic E-state index is 0.0778. The van der Waals surface area contributed by atoms with Gasteiger partial charge in [-0.05, 0) is 30.2 Å². The van der Waals surface area contributed by atoms with Crippen molar-refractivity contribution in [2.45, 2.75) is 19.3 Å². The fourth-order valence-electron chi connectivity index (χ4n) is 2.41. The van der Waals surface area contributed by atoms with Crippen LogP contribution in [0.4, 0.5) is 4.39 Å². The number of amides is 1. The molecule has 0 aliphatic heterocycles. The lowest BCUT2D eigenvalue weighted by atomic mass is 10.1. The number of hydrogen-bond acceptors (Lipinski definition) is 4. The van der Waals surface area contributed by atoms with Gasteiger partial charge in [0.1, 0.15) is 10.8 Å². The van der Waals surface area contributed by atoms with Crippen LogP contribution in [0, 0.1) is 5.82 Å². The number of rotatable bonds is 7.